The minimum absolute atomic E-state index is 0.287. The number of carbonyl (C=O) groups is 1. The fraction of sp³-hybridized carbons (Fsp3) is 0.400. The fourth-order valence-corrected chi connectivity index (χ4v) is 3.20. The highest BCUT2D eigenvalue weighted by atomic mass is 16.2. The van der Waals surface area contributed by atoms with Gasteiger partial charge in [-0.3, -0.25) is 9.78 Å². The largest absolute Gasteiger partial charge is 0.335 e. The van der Waals surface area contributed by atoms with Crippen LogP contribution in [0, 0.1) is 6.92 Å². The molecule has 1 aliphatic heterocycles. The van der Waals surface area contributed by atoms with Gasteiger partial charge in [0.2, 0.25) is 5.91 Å². The maximum atomic E-state index is 12.2. The van der Waals surface area contributed by atoms with Crippen molar-refractivity contribution in [1.29, 1.82) is 0 Å². The Morgan fingerprint density at radius 3 is 2.62 bits per heavy atom. The summed E-state index contributed by atoms with van der Waals surface area (Å²) in [4.78, 5) is 18.3. The van der Waals surface area contributed by atoms with Crippen molar-refractivity contribution >= 4 is 5.91 Å². The van der Waals surface area contributed by atoms with Gasteiger partial charge in [-0.1, -0.05) is 29.8 Å². The highest BCUT2D eigenvalue weighted by Gasteiger charge is 2.30. The van der Waals surface area contributed by atoms with E-state index in [0.29, 0.717) is 12.5 Å². The second-order valence-corrected chi connectivity index (χ2v) is 6.52. The maximum absolute atomic E-state index is 12.2. The van der Waals surface area contributed by atoms with E-state index in [-0.39, 0.29) is 5.91 Å². The Balaban J connectivity index is 1.48. The molecule has 1 fully saturated rings. The molecule has 0 saturated carbocycles. The molecular weight excluding hydrogens is 298 g/mol. The lowest BCUT2D eigenvalue weighted by molar-refractivity contribution is -0.129. The summed E-state index contributed by atoms with van der Waals surface area (Å²) in [5.41, 5.74) is 3.71. The van der Waals surface area contributed by atoms with Gasteiger partial charge in [-0.2, -0.15) is 0 Å². The van der Waals surface area contributed by atoms with Gasteiger partial charge in [0.05, 0.1) is 0 Å². The molecule has 4 nitrogen and oxygen atoms in total. The van der Waals surface area contributed by atoms with Crippen molar-refractivity contribution in [3.63, 3.8) is 0 Å². The lowest BCUT2D eigenvalue weighted by Crippen LogP contribution is -2.34. The number of carbonyl (C=O) groups excluding carboxylic acids is 1. The molecule has 1 aromatic heterocycles. The number of benzene rings is 1. The number of hydrogen-bond donors (Lipinski definition) is 1. The Morgan fingerprint density at radius 1 is 1.12 bits per heavy atom. The third-order valence-corrected chi connectivity index (χ3v) is 4.66. The van der Waals surface area contributed by atoms with Crippen LogP contribution < -0.4 is 5.32 Å². The van der Waals surface area contributed by atoms with Crippen LogP contribution in [0.1, 0.15) is 36.0 Å². The number of hydrogen-bond acceptors (Lipinski definition) is 3. The van der Waals surface area contributed by atoms with Crippen LogP contribution in [0.25, 0.3) is 0 Å². The molecule has 0 bridgehead atoms. The van der Waals surface area contributed by atoms with Crippen LogP contribution in [0.15, 0.2) is 48.8 Å². The molecule has 1 unspecified atom stereocenters. The zero-order valence-electron chi connectivity index (χ0n) is 14.2. The molecule has 1 atom stereocenters. The SMILES string of the molecule is Cc1ccc(CN2C(=O)CCC2CCNCc2ccncc2)cc1. The van der Waals surface area contributed by atoms with Gasteiger partial charge in [-0.15, -0.1) is 0 Å². The van der Waals surface area contributed by atoms with E-state index < -0.39 is 0 Å². The number of nitrogens with zero attached hydrogens (tertiary/aromatic N) is 2. The van der Waals surface area contributed by atoms with Crippen LogP contribution in [0.4, 0.5) is 0 Å². The number of nitrogens with one attached hydrogen (secondary N) is 1. The van der Waals surface area contributed by atoms with E-state index in [2.05, 4.69) is 46.4 Å². The molecule has 0 radical (unpaired) electrons. The summed E-state index contributed by atoms with van der Waals surface area (Å²) >= 11 is 0. The summed E-state index contributed by atoms with van der Waals surface area (Å²) in [6, 6.07) is 12.9. The molecule has 0 spiro atoms. The third-order valence-electron chi connectivity index (χ3n) is 4.66. The second-order valence-electron chi connectivity index (χ2n) is 6.52. The maximum Gasteiger partial charge on any atom is 0.223 e. The van der Waals surface area contributed by atoms with Gasteiger partial charge >= 0.3 is 0 Å². The van der Waals surface area contributed by atoms with Crippen molar-refractivity contribution in [2.24, 2.45) is 0 Å². The minimum Gasteiger partial charge on any atom is -0.335 e. The van der Waals surface area contributed by atoms with E-state index in [1.165, 1.54) is 16.7 Å². The van der Waals surface area contributed by atoms with E-state index >= 15 is 0 Å². The topological polar surface area (TPSA) is 45.2 Å². The first-order valence-corrected chi connectivity index (χ1v) is 8.67. The average Bonchev–Trinajstić information content (AvgIpc) is 2.95. The van der Waals surface area contributed by atoms with Gasteiger partial charge in [-0.25, -0.2) is 0 Å². The molecule has 1 N–H and O–H groups in total. The average molecular weight is 323 g/mol. The highest BCUT2D eigenvalue weighted by Crippen LogP contribution is 2.23. The van der Waals surface area contributed by atoms with Crippen molar-refractivity contribution in [3.8, 4) is 0 Å². The first-order chi connectivity index (χ1) is 11.7. The van der Waals surface area contributed by atoms with Crippen LogP contribution in [0.2, 0.25) is 0 Å². The molecule has 3 rings (SSSR count). The molecule has 4 heteroatoms. The van der Waals surface area contributed by atoms with Gasteiger partial charge in [0.25, 0.3) is 0 Å². The third kappa shape index (κ3) is 4.42. The first-order valence-electron chi connectivity index (χ1n) is 8.67. The number of aromatic nitrogens is 1. The molecule has 126 valence electrons. The van der Waals surface area contributed by atoms with E-state index in [0.717, 1.165) is 32.5 Å². The number of pyridine rings is 1. The summed E-state index contributed by atoms with van der Waals surface area (Å²) in [5, 5.41) is 3.47. The van der Waals surface area contributed by atoms with Gasteiger partial charge in [0, 0.05) is 37.9 Å². The van der Waals surface area contributed by atoms with Crippen molar-refractivity contribution in [1.82, 2.24) is 15.2 Å². The van der Waals surface area contributed by atoms with Crippen LogP contribution in [0.3, 0.4) is 0 Å². The van der Waals surface area contributed by atoms with Gasteiger partial charge in [-0.05, 0) is 49.6 Å². The molecule has 0 aliphatic carbocycles. The highest BCUT2D eigenvalue weighted by molar-refractivity contribution is 5.78. The first kappa shape index (κ1) is 16.7. The van der Waals surface area contributed by atoms with E-state index in [9.17, 15) is 4.79 Å². The van der Waals surface area contributed by atoms with Gasteiger partial charge in [0.1, 0.15) is 0 Å². The zero-order chi connectivity index (χ0) is 16.8. The van der Waals surface area contributed by atoms with Crippen LogP contribution in [0.5, 0.6) is 0 Å². The summed E-state index contributed by atoms with van der Waals surface area (Å²) in [5.74, 6) is 0.287. The predicted octanol–water partition coefficient (Wildman–Crippen LogP) is 3.06. The Kier molecular flexibility index (Phi) is 5.59. The Hall–Kier alpha value is -2.20. The molecule has 2 heterocycles. The molecule has 1 aliphatic rings. The summed E-state index contributed by atoms with van der Waals surface area (Å²) in [7, 11) is 0. The Morgan fingerprint density at radius 2 is 1.88 bits per heavy atom. The van der Waals surface area contributed by atoms with E-state index in [1.54, 1.807) is 0 Å². The fourth-order valence-electron chi connectivity index (χ4n) is 3.20. The Bertz CT molecular complexity index is 654. The molecule has 2 aromatic rings. The quantitative estimate of drug-likeness (QED) is 0.797. The Labute approximate surface area is 143 Å². The molecule has 1 aromatic carbocycles. The standard InChI is InChI=1S/C20H25N3O/c1-16-2-4-18(5-3-16)15-23-19(6-7-20(23)24)10-13-22-14-17-8-11-21-12-9-17/h2-5,8-9,11-12,19,22H,6-7,10,13-15H2,1H3. The lowest BCUT2D eigenvalue weighted by Gasteiger charge is -2.25. The van der Waals surface area contributed by atoms with Crippen molar-refractivity contribution in [2.75, 3.05) is 6.54 Å². The smallest absolute Gasteiger partial charge is 0.223 e. The van der Waals surface area contributed by atoms with Gasteiger partial charge in [0.15, 0.2) is 0 Å². The van der Waals surface area contributed by atoms with Crippen molar-refractivity contribution < 1.29 is 4.79 Å². The second kappa shape index (κ2) is 8.06. The molecule has 1 amide bonds. The van der Waals surface area contributed by atoms with Crippen LogP contribution in [-0.4, -0.2) is 28.4 Å². The molecule has 24 heavy (non-hydrogen) atoms. The van der Waals surface area contributed by atoms with Crippen LogP contribution >= 0.6 is 0 Å². The number of amides is 1. The number of likely N-dealkylation sites (tertiary alicyclic amines) is 1. The van der Waals surface area contributed by atoms with Crippen LogP contribution in [-0.2, 0) is 17.9 Å². The van der Waals surface area contributed by atoms with Crippen molar-refractivity contribution in [3.05, 3.63) is 65.5 Å². The zero-order valence-corrected chi connectivity index (χ0v) is 14.2. The van der Waals surface area contributed by atoms with E-state index in [4.69, 9.17) is 0 Å². The molecule has 1 saturated heterocycles. The summed E-state index contributed by atoms with van der Waals surface area (Å²) in [6.45, 7) is 4.59. The van der Waals surface area contributed by atoms with Gasteiger partial charge < -0.3 is 10.2 Å². The lowest BCUT2D eigenvalue weighted by atomic mass is 10.1. The normalized spacial score (nSPS) is 17.5. The van der Waals surface area contributed by atoms with E-state index in [1.807, 2.05) is 24.5 Å². The predicted molar refractivity (Wildman–Crippen MR) is 95.3 cm³/mol. The minimum atomic E-state index is 0.287. The number of rotatable bonds is 7. The molecular formula is C20H25N3O. The summed E-state index contributed by atoms with van der Waals surface area (Å²) in [6.07, 6.45) is 6.29. The number of aryl methyl sites for hydroxylation is 1. The summed E-state index contributed by atoms with van der Waals surface area (Å²) < 4.78 is 0. The monoisotopic (exact) mass is 323 g/mol. The van der Waals surface area contributed by atoms with Crippen molar-refractivity contribution in [2.45, 2.75) is 45.3 Å².